The number of benzene rings is 1. The molecule has 104 valence electrons. The van der Waals surface area contributed by atoms with Crippen LogP contribution in [0.3, 0.4) is 0 Å². The first kappa shape index (κ1) is 14.0. The molecular formula is C12H12N4O3S. The number of carbonyl (C=O) groups excluding carboxylic acids is 1. The Hall–Kier alpha value is -2.45. The molecule has 0 bridgehead atoms. The number of anilines is 2. The summed E-state index contributed by atoms with van der Waals surface area (Å²) in [4.78, 5) is 15.7. The molecule has 0 saturated heterocycles. The number of nitrogens with two attached hydrogens (primary N) is 2. The highest BCUT2D eigenvalue weighted by molar-refractivity contribution is 7.89. The van der Waals surface area contributed by atoms with E-state index in [9.17, 15) is 13.2 Å². The van der Waals surface area contributed by atoms with E-state index in [1.165, 1.54) is 42.7 Å². The van der Waals surface area contributed by atoms with E-state index < -0.39 is 15.9 Å². The van der Waals surface area contributed by atoms with Crippen molar-refractivity contribution < 1.29 is 13.2 Å². The number of nitrogen functional groups attached to an aromatic ring is 1. The third kappa shape index (κ3) is 3.11. The van der Waals surface area contributed by atoms with Crippen molar-refractivity contribution in [2.75, 3.05) is 11.1 Å². The van der Waals surface area contributed by atoms with Crippen LogP contribution in [0.4, 0.5) is 11.4 Å². The van der Waals surface area contributed by atoms with E-state index in [0.717, 1.165) is 0 Å². The smallest absolute Gasteiger partial charge is 0.257 e. The van der Waals surface area contributed by atoms with Crippen molar-refractivity contribution in [3.8, 4) is 0 Å². The maximum Gasteiger partial charge on any atom is 0.257 e. The molecule has 0 radical (unpaired) electrons. The summed E-state index contributed by atoms with van der Waals surface area (Å²) in [5, 5.41) is 7.58. The third-order valence-corrected chi connectivity index (χ3v) is 3.47. The molecule has 8 heteroatoms. The lowest BCUT2D eigenvalue weighted by Gasteiger charge is -2.07. The Kier molecular flexibility index (Phi) is 3.68. The molecule has 0 atom stereocenters. The van der Waals surface area contributed by atoms with Crippen molar-refractivity contribution in [3.63, 3.8) is 0 Å². The van der Waals surface area contributed by atoms with Gasteiger partial charge in [0.2, 0.25) is 10.0 Å². The summed E-state index contributed by atoms with van der Waals surface area (Å²) in [5.74, 6) is -0.409. The number of hydrogen-bond donors (Lipinski definition) is 3. The van der Waals surface area contributed by atoms with Crippen molar-refractivity contribution in [2.45, 2.75) is 4.90 Å². The average molecular weight is 292 g/mol. The second kappa shape index (κ2) is 5.27. The molecule has 1 amide bonds. The van der Waals surface area contributed by atoms with Crippen LogP contribution in [-0.2, 0) is 10.0 Å². The molecule has 0 aliphatic carbocycles. The first-order valence-electron chi connectivity index (χ1n) is 5.51. The van der Waals surface area contributed by atoms with Crippen LogP contribution in [0.1, 0.15) is 10.4 Å². The van der Waals surface area contributed by atoms with Crippen molar-refractivity contribution in [3.05, 3.63) is 48.3 Å². The van der Waals surface area contributed by atoms with Gasteiger partial charge in [0.25, 0.3) is 5.91 Å². The van der Waals surface area contributed by atoms with Crippen LogP contribution in [0.2, 0.25) is 0 Å². The molecule has 7 nitrogen and oxygen atoms in total. The molecule has 2 aromatic rings. The Morgan fingerprint density at radius 3 is 2.35 bits per heavy atom. The highest BCUT2D eigenvalue weighted by Crippen LogP contribution is 2.15. The van der Waals surface area contributed by atoms with Gasteiger partial charge in [-0.05, 0) is 30.3 Å². The molecular weight excluding hydrogens is 280 g/mol. The van der Waals surface area contributed by atoms with E-state index in [1.54, 1.807) is 0 Å². The molecule has 0 aliphatic heterocycles. The quantitative estimate of drug-likeness (QED) is 0.761. The summed E-state index contributed by atoms with van der Waals surface area (Å²) in [6.07, 6.45) is 2.83. The third-order valence-electron chi connectivity index (χ3n) is 2.54. The van der Waals surface area contributed by atoms with Crippen molar-refractivity contribution in [1.29, 1.82) is 0 Å². The number of nitrogens with zero attached hydrogens (tertiary/aromatic N) is 1. The van der Waals surface area contributed by atoms with Gasteiger partial charge in [-0.25, -0.2) is 13.6 Å². The lowest BCUT2D eigenvalue weighted by atomic mass is 10.2. The molecule has 0 aliphatic rings. The van der Waals surface area contributed by atoms with Crippen LogP contribution >= 0.6 is 0 Å². The minimum Gasteiger partial charge on any atom is -0.397 e. The lowest BCUT2D eigenvalue weighted by Crippen LogP contribution is -2.15. The number of pyridine rings is 1. The van der Waals surface area contributed by atoms with E-state index in [4.69, 9.17) is 10.9 Å². The summed E-state index contributed by atoms with van der Waals surface area (Å²) in [7, 11) is -3.75. The molecule has 1 heterocycles. The van der Waals surface area contributed by atoms with Gasteiger partial charge >= 0.3 is 0 Å². The number of carbonyl (C=O) groups is 1. The molecule has 20 heavy (non-hydrogen) atoms. The van der Waals surface area contributed by atoms with E-state index in [2.05, 4.69) is 10.3 Å². The number of hydrogen-bond acceptors (Lipinski definition) is 5. The van der Waals surface area contributed by atoms with Gasteiger partial charge in [-0.2, -0.15) is 0 Å². The Morgan fingerprint density at radius 1 is 1.15 bits per heavy atom. The summed E-state index contributed by atoms with van der Waals surface area (Å²) in [6, 6.07) is 6.98. The second-order valence-corrected chi connectivity index (χ2v) is 5.55. The first-order chi connectivity index (χ1) is 9.38. The van der Waals surface area contributed by atoms with Gasteiger partial charge in [-0.15, -0.1) is 0 Å². The largest absolute Gasteiger partial charge is 0.397 e. The van der Waals surface area contributed by atoms with E-state index in [-0.39, 0.29) is 16.1 Å². The van der Waals surface area contributed by atoms with Crippen molar-refractivity contribution in [1.82, 2.24) is 4.98 Å². The zero-order valence-electron chi connectivity index (χ0n) is 10.3. The van der Waals surface area contributed by atoms with Gasteiger partial charge in [0.1, 0.15) is 0 Å². The Balaban J connectivity index is 2.19. The van der Waals surface area contributed by atoms with Crippen LogP contribution in [0.15, 0.2) is 47.6 Å². The number of amides is 1. The normalized spacial score (nSPS) is 11.1. The number of aromatic nitrogens is 1. The molecule has 0 spiro atoms. The van der Waals surface area contributed by atoms with Gasteiger partial charge < -0.3 is 11.1 Å². The van der Waals surface area contributed by atoms with Gasteiger partial charge in [0, 0.05) is 11.9 Å². The van der Waals surface area contributed by atoms with Gasteiger partial charge in [0.05, 0.1) is 22.3 Å². The maximum atomic E-state index is 12.0. The zero-order chi connectivity index (χ0) is 14.8. The Labute approximate surface area is 115 Å². The van der Waals surface area contributed by atoms with Crippen LogP contribution in [-0.4, -0.2) is 19.3 Å². The van der Waals surface area contributed by atoms with Gasteiger partial charge in [-0.1, -0.05) is 0 Å². The fourth-order valence-electron chi connectivity index (χ4n) is 1.54. The number of rotatable bonds is 3. The second-order valence-electron chi connectivity index (χ2n) is 3.99. The molecule has 0 fully saturated rings. The number of nitrogens with one attached hydrogen (secondary N) is 1. The molecule has 5 N–H and O–H groups in total. The summed E-state index contributed by atoms with van der Waals surface area (Å²) < 4.78 is 22.2. The maximum absolute atomic E-state index is 12.0. The molecule has 2 rings (SSSR count). The number of primary sulfonamides is 1. The fourth-order valence-corrected chi connectivity index (χ4v) is 2.06. The zero-order valence-corrected chi connectivity index (χ0v) is 11.1. The average Bonchev–Trinajstić information content (AvgIpc) is 2.38. The molecule has 1 aromatic heterocycles. The van der Waals surface area contributed by atoms with E-state index in [1.807, 2.05) is 0 Å². The fraction of sp³-hybridized carbons (Fsp3) is 0. The summed E-state index contributed by atoms with van der Waals surface area (Å²) in [6.45, 7) is 0. The van der Waals surface area contributed by atoms with Gasteiger partial charge in [-0.3, -0.25) is 9.78 Å². The van der Waals surface area contributed by atoms with E-state index >= 15 is 0 Å². The molecule has 1 aromatic carbocycles. The van der Waals surface area contributed by atoms with Crippen LogP contribution in [0.25, 0.3) is 0 Å². The van der Waals surface area contributed by atoms with E-state index in [0.29, 0.717) is 5.69 Å². The minimum absolute atomic E-state index is 0.0288. The SMILES string of the molecule is Nc1cnccc1C(=O)Nc1ccc(S(N)(=O)=O)cc1. The van der Waals surface area contributed by atoms with Crippen molar-refractivity contribution in [2.24, 2.45) is 5.14 Å². The van der Waals surface area contributed by atoms with Crippen molar-refractivity contribution >= 4 is 27.3 Å². The molecule has 0 unspecified atom stereocenters. The van der Waals surface area contributed by atoms with Crippen LogP contribution in [0, 0.1) is 0 Å². The number of sulfonamides is 1. The Morgan fingerprint density at radius 2 is 1.80 bits per heavy atom. The van der Waals surface area contributed by atoms with Crippen LogP contribution in [0.5, 0.6) is 0 Å². The highest BCUT2D eigenvalue weighted by atomic mass is 32.2. The topological polar surface area (TPSA) is 128 Å². The minimum atomic E-state index is -3.75. The predicted molar refractivity (Wildman–Crippen MR) is 74.4 cm³/mol. The standard InChI is InChI=1S/C12H12N4O3S/c13-11-7-15-6-5-10(11)12(17)16-8-1-3-9(4-2-8)20(14,18)19/h1-7H,13H2,(H,16,17)(H2,14,18,19). The van der Waals surface area contributed by atoms with Crippen LogP contribution < -0.4 is 16.2 Å². The first-order valence-corrected chi connectivity index (χ1v) is 7.06. The monoisotopic (exact) mass is 292 g/mol. The van der Waals surface area contributed by atoms with Gasteiger partial charge in [0.15, 0.2) is 0 Å². The predicted octanol–water partition coefficient (Wildman–Crippen LogP) is 0.564. The highest BCUT2D eigenvalue weighted by Gasteiger charge is 2.11. The Bertz CT molecular complexity index is 742. The summed E-state index contributed by atoms with van der Waals surface area (Å²) >= 11 is 0. The lowest BCUT2D eigenvalue weighted by molar-refractivity contribution is 0.102. The summed E-state index contributed by atoms with van der Waals surface area (Å²) in [5.41, 5.74) is 6.61. The molecule has 0 saturated carbocycles.